The zero-order chi connectivity index (χ0) is 11.3. The molecular weight excluding hydrogens is 315 g/mol. The number of nitrogens with two attached hydrogens (primary N) is 1. The number of hydrogen-bond acceptors (Lipinski definition) is 5. The third-order valence-electron chi connectivity index (χ3n) is 1.44. The maximum absolute atomic E-state index is 11.1. The summed E-state index contributed by atoms with van der Waals surface area (Å²) in [6.45, 7) is 0.468. The van der Waals surface area contributed by atoms with Crippen LogP contribution in [0.5, 0.6) is 0 Å². The van der Waals surface area contributed by atoms with E-state index in [1.54, 1.807) is 0 Å². The molecule has 0 fully saturated rings. The second-order valence-corrected chi connectivity index (χ2v) is 3.57. The Morgan fingerprint density at radius 1 is 1.73 bits per heavy atom. The fourth-order valence-electron chi connectivity index (χ4n) is 0.827. The minimum Gasteiger partial charge on any atom is -0.448 e. The van der Waals surface area contributed by atoms with E-state index in [1.165, 1.54) is 6.33 Å². The second-order valence-electron chi connectivity index (χ2n) is 2.49. The van der Waals surface area contributed by atoms with Crippen molar-refractivity contribution in [3.63, 3.8) is 0 Å². The quantitative estimate of drug-likeness (QED) is 0.528. The van der Waals surface area contributed by atoms with Gasteiger partial charge in [-0.3, -0.25) is 4.79 Å². The molecule has 82 valence electrons. The molecule has 0 aliphatic heterocycles. The van der Waals surface area contributed by atoms with Gasteiger partial charge in [-0.25, -0.2) is 9.78 Å². The number of nitrogens with one attached hydrogen (secondary N) is 2. The molecule has 0 unspecified atom stereocenters. The summed E-state index contributed by atoms with van der Waals surface area (Å²) in [6.07, 6.45) is 0.465. The highest BCUT2D eigenvalue weighted by molar-refractivity contribution is 14.1. The SMILES string of the molecule is NC(=O)OCCNc1nc[nH]c(=O)c1I. The van der Waals surface area contributed by atoms with E-state index in [4.69, 9.17) is 5.73 Å². The molecule has 0 aliphatic carbocycles. The minimum absolute atomic E-state index is 0.125. The number of H-pyrrole nitrogens is 1. The Balaban J connectivity index is 2.48. The molecule has 1 heterocycles. The summed E-state index contributed by atoms with van der Waals surface area (Å²) >= 11 is 1.87. The van der Waals surface area contributed by atoms with Crippen LogP contribution in [0.15, 0.2) is 11.1 Å². The molecule has 0 atom stereocenters. The number of halogens is 1. The zero-order valence-electron chi connectivity index (χ0n) is 7.62. The number of anilines is 1. The van der Waals surface area contributed by atoms with E-state index in [0.29, 0.717) is 15.9 Å². The molecule has 0 aliphatic rings. The highest BCUT2D eigenvalue weighted by atomic mass is 127. The zero-order valence-corrected chi connectivity index (χ0v) is 9.78. The molecule has 4 N–H and O–H groups in total. The van der Waals surface area contributed by atoms with Gasteiger partial charge in [0.25, 0.3) is 5.56 Å². The van der Waals surface area contributed by atoms with Crippen LogP contribution in [-0.4, -0.2) is 29.2 Å². The number of aromatic amines is 1. The lowest BCUT2D eigenvalue weighted by Gasteiger charge is -2.05. The molecule has 7 nitrogen and oxygen atoms in total. The van der Waals surface area contributed by atoms with Crippen LogP contribution in [0.4, 0.5) is 10.6 Å². The Morgan fingerprint density at radius 2 is 2.47 bits per heavy atom. The predicted octanol–water partition coefficient (Wildman–Crippen LogP) is -0.118. The van der Waals surface area contributed by atoms with E-state index in [-0.39, 0.29) is 12.2 Å². The van der Waals surface area contributed by atoms with E-state index in [9.17, 15) is 9.59 Å². The molecule has 1 aromatic heterocycles. The van der Waals surface area contributed by atoms with Gasteiger partial charge in [0, 0.05) is 0 Å². The maximum atomic E-state index is 11.1. The minimum atomic E-state index is -0.828. The summed E-state index contributed by atoms with van der Waals surface area (Å²) in [5, 5.41) is 2.84. The first-order chi connectivity index (χ1) is 7.11. The van der Waals surface area contributed by atoms with Crippen LogP contribution in [0.3, 0.4) is 0 Å². The fraction of sp³-hybridized carbons (Fsp3) is 0.286. The number of primary amides is 1. The Morgan fingerprint density at radius 3 is 3.13 bits per heavy atom. The molecule has 0 radical (unpaired) electrons. The first kappa shape index (κ1) is 11.8. The summed E-state index contributed by atoms with van der Waals surface area (Å²) in [6, 6.07) is 0. The van der Waals surface area contributed by atoms with Gasteiger partial charge < -0.3 is 20.8 Å². The van der Waals surface area contributed by atoms with E-state index in [1.807, 2.05) is 22.6 Å². The Labute approximate surface area is 98.6 Å². The summed E-state index contributed by atoms with van der Waals surface area (Å²) in [5.41, 5.74) is 4.55. The largest absolute Gasteiger partial charge is 0.448 e. The smallest absolute Gasteiger partial charge is 0.404 e. The molecule has 0 saturated carbocycles. The van der Waals surface area contributed by atoms with Crippen LogP contribution in [0.1, 0.15) is 0 Å². The van der Waals surface area contributed by atoms with Crippen molar-refractivity contribution in [3.05, 3.63) is 20.3 Å². The van der Waals surface area contributed by atoms with Crippen molar-refractivity contribution in [1.29, 1.82) is 0 Å². The van der Waals surface area contributed by atoms with Gasteiger partial charge in [0.15, 0.2) is 0 Å². The summed E-state index contributed by atoms with van der Waals surface area (Å²) in [5.74, 6) is 0.451. The standard InChI is InChI=1S/C7H9IN4O3/c8-4-5(11-3-12-6(4)13)10-1-2-15-7(9)14/h3H,1-2H2,(H2,9,14)(H2,10,11,12,13). The molecule has 8 heteroatoms. The molecule has 0 saturated heterocycles. The van der Waals surface area contributed by atoms with Crippen LogP contribution in [-0.2, 0) is 4.74 Å². The molecule has 1 amide bonds. The molecular formula is C7H9IN4O3. The van der Waals surface area contributed by atoms with Crippen molar-refractivity contribution < 1.29 is 9.53 Å². The first-order valence-corrected chi connectivity index (χ1v) is 5.08. The van der Waals surface area contributed by atoms with Crippen LogP contribution in [0.25, 0.3) is 0 Å². The lowest BCUT2D eigenvalue weighted by atomic mass is 10.5. The highest BCUT2D eigenvalue weighted by Gasteiger charge is 2.03. The van der Waals surface area contributed by atoms with Crippen LogP contribution < -0.4 is 16.6 Å². The van der Waals surface area contributed by atoms with E-state index < -0.39 is 6.09 Å². The van der Waals surface area contributed by atoms with E-state index >= 15 is 0 Å². The first-order valence-electron chi connectivity index (χ1n) is 4.00. The van der Waals surface area contributed by atoms with Gasteiger partial charge in [-0.15, -0.1) is 0 Å². The molecule has 0 spiro atoms. The van der Waals surface area contributed by atoms with Gasteiger partial charge in [-0.2, -0.15) is 0 Å². The Bertz CT molecular complexity index is 405. The third kappa shape index (κ3) is 3.73. The highest BCUT2D eigenvalue weighted by Crippen LogP contribution is 2.07. The van der Waals surface area contributed by atoms with Crippen molar-refractivity contribution in [3.8, 4) is 0 Å². The monoisotopic (exact) mass is 324 g/mol. The second kappa shape index (κ2) is 5.53. The molecule has 1 aromatic rings. The lowest BCUT2D eigenvalue weighted by molar-refractivity contribution is 0.161. The predicted molar refractivity (Wildman–Crippen MR) is 61.6 cm³/mol. The van der Waals surface area contributed by atoms with Crippen molar-refractivity contribution in [2.75, 3.05) is 18.5 Å². The van der Waals surface area contributed by atoms with E-state index in [0.717, 1.165) is 0 Å². The van der Waals surface area contributed by atoms with Crippen LogP contribution in [0, 0.1) is 3.57 Å². The Hall–Kier alpha value is -1.32. The van der Waals surface area contributed by atoms with Gasteiger partial charge in [0.05, 0.1) is 12.9 Å². The number of nitrogens with zero attached hydrogens (tertiary/aromatic N) is 1. The molecule has 0 bridgehead atoms. The van der Waals surface area contributed by atoms with Crippen molar-refractivity contribution in [2.45, 2.75) is 0 Å². The normalized spacial score (nSPS) is 9.67. The summed E-state index contributed by atoms with van der Waals surface area (Å²) in [7, 11) is 0. The maximum Gasteiger partial charge on any atom is 0.404 e. The van der Waals surface area contributed by atoms with Gasteiger partial charge in [0.1, 0.15) is 16.0 Å². The average Bonchev–Trinajstić information content (AvgIpc) is 2.18. The van der Waals surface area contributed by atoms with Crippen LogP contribution in [0.2, 0.25) is 0 Å². The van der Waals surface area contributed by atoms with Gasteiger partial charge in [-0.1, -0.05) is 0 Å². The van der Waals surface area contributed by atoms with Crippen molar-refractivity contribution >= 4 is 34.5 Å². The van der Waals surface area contributed by atoms with Gasteiger partial charge >= 0.3 is 6.09 Å². The fourth-order valence-corrected chi connectivity index (χ4v) is 1.31. The van der Waals surface area contributed by atoms with Gasteiger partial charge in [0.2, 0.25) is 0 Å². The molecule has 15 heavy (non-hydrogen) atoms. The topological polar surface area (TPSA) is 110 Å². The summed E-state index contributed by atoms with van der Waals surface area (Å²) < 4.78 is 4.95. The number of carbonyl (C=O) groups is 1. The lowest BCUT2D eigenvalue weighted by Crippen LogP contribution is -2.20. The number of ether oxygens (including phenoxy) is 1. The van der Waals surface area contributed by atoms with Gasteiger partial charge in [-0.05, 0) is 22.6 Å². The molecule has 1 rings (SSSR count). The number of amides is 1. The van der Waals surface area contributed by atoms with E-state index in [2.05, 4.69) is 20.0 Å². The average molecular weight is 324 g/mol. The Kier molecular flexibility index (Phi) is 4.34. The number of rotatable bonds is 4. The van der Waals surface area contributed by atoms with Crippen molar-refractivity contribution in [1.82, 2.24) is 9.97 Å². The number of hydrogen-bond donors (Lipinski definition) is 3. The van der Waals surface area contributed by atoms with Crippen LogP contribution >= 0.6 is 22.6 Å². The van der Waals surface area contributed by atoms with Crippen molar-refractivity contribution in [2.24, 2.45) is 5.73 Å². The number of carbonyl (C=O) groups excluding carboxylic acids is 1. The number of aromatic nitrogens is 2. The summed E-state index contributed by atoms with van der Waals surface area (Å²) in [4.78, 5) is 27.7. The molecule has 0 aromatic carbocycles. The third-order valence-corrected chi connectivity index (χ3v) is 2.44.